The van der Waals surface area contributed by atoms with Gasteiger partial charge in [0.2, 0.25) is 5.91 Å². The molecule has 2 aromatic heterocycles. The molecule has 29 heavy (non-hydrogen) atoms. The summed E-state index contributed by atoms with van der Waals surface area (Å²) in [6.07, 6.45) is 0.785. The van der Waals surface area contributed by atoms with E-state index in [-0.39, 0.29) is 35.3 Å². The zero-order valence-electron chi connectivity index (χ0n) is 17.3. The van der Waals surface area contributed by atoms with Crippen LogP contribution in [0.2, 0.25) is 0 Å². The third-order valence-corrected chi connectivity index (χ3v) is 5.91. The third kappa shape index (κ3) is 3.39. The first-order valence-corrected chi connectivity index (χ1v) is 10.1. The number of piperidine rings is 1. The number of carbonyl (C=O) groups excluding carboxylic acids is 2. The van der Waals surface area contributed by atoms with Gasteiger partial charge in [-0.1, -0.05) is 6.07 Å². The number of nitrogens with zero attached hydrogens (tertiary/aromatic N) is 2. The molecule has 0 radical (unpaired) electrons. The Labute approximate surface area is 169 Å². The molecule has 154 valence electrons. The number of hydrogen-bond donors (Lipinski definition) is 1. The van der Waals surface area contributed by atoms with E-state index in [2.05, 4.69) is 5.32 Å². The fourth-order valence-electron chi connectivity index (χ4n) is 4.82. The van der Waals surface area contributed by atoms with E-state index in [1.54, 1.807) is 23.6 Å². The standard InChI is InChI=1S/C22H27N3O4/c1-12(2)23-21(27)20-16-9-15(18-6-5-7-19(26)25(18)20)10-24(11-16)22(28)17-8-13(3)29-14(17)4/h5-8,12,15-16,20H,9-11H2,1-4H3,(H,23,27)/t15-,16+,20+/m0/s1. The summed E-state index contributed by atoms with van der Waals surface area (Å²) in [5, 5.41) is 2.95. The van der Waals surface area contributed by atoms with Crippen molar-refractivity contribution < 1.29 is 14.0 Å². The predicted octanol–water partition coefficient (Wildman–Crippen LogP) is 2.38. The number of aromatic nitrogens is 1. The fraction of sp³-hybridized carbons (Fsp3) is 0.500. The van der Waals surface area contributed by atoms with Crippen LogP contribution in [0.25, 0.3) is 0 Å². The van der Waals surface area contributed by atoms with Crippen molar-refractivity contribution in [2.45, 2.75) is 52.1 Å². The summed E-state index contributed by atoms with van der Waals surface area (Å²) >= 11 is 0. The number of fused-ring (bicyclic) bond motifs is 4. The van der Waals surface area contributed by atoms with E-state index in [4.69, 9.17) is 4.42 Å². The molecule has 3 atom stereocenters. The quantitative estimate of drug-likeness (QED) is 0.862. The minimum absolute atomic E-state index is 0.0269. The Bertz CT molecular complexity index is 1020. The first-order chi connectivity index (χ1) is 13.8. The van der Waals surface area contributed by atoms with Gasteiger partial charge in [0.05, 0.1) is 5.56 Å². The average Bonchev–Trinajstić information content (AvgIpc) is 2.99. The molecule has 0 unspecified atom stereocenters. The first-order valence-electron chi connectivity index (χ1n) is 10.1. The van der Waals surface area contributed by atoms with Crippen molar-refractivity contribution >= 4 is 11.8 Å². The smallest absolute Gasteiger partial charge is 0.257 e. The lowest BCUT2D eigenvalue weighted by Gasteiger charge is -2.46. The van der Waals surface area contributed by atoms with Crippen LogP contribution in [0, 0.1) is 19.8 Å². The maximum atomic E-state index is 13.2. The second kappa shape index (κ2) is 7.21. The van der Waals surface area contributed by atoms with Gasteiger partial charge in [-0.15, -0.1) is 0 Å². The maximum Gasteiger partial charge on any atom is 0.257 e. The highest BCUT2D eigenvalue weighted by Gasteiger charge is 2.45. The van der Waals surface area contributed by atoms with Crippen molar-refractivity contribution in [3.05, 3.63) is 57.4 Å². The highest BCUT2D eigenvalue weighted by molar-refractivity contribution is 5.95. The summed E-state index contributed by atoms with van der Waals surface area (Å²) in [7, 11) is 0. The fourth-order valence-corrected chi connectivity index (χ4v) is 4.82. The number of pyridine rings is 1. The lowest BCUT2D eigenvalue weighted by atomic mass is 9.78. The number of rotatable bonds is 3. The summed E-state index contributed by atoms with van der Waals surface area (Å²) < 4.78 is 7.18. The number of amides is 2. The van der Waals surface area contributed by atoms with Crippen LogP contribution in [0.15, 0.2) is 33.5 Å². The molecule has 2 bridgehead atoms. The van der Waals surface area contributed by atoms with Gasteiger partial charge in [-0.05, 0) is 46.2 Å². The van der Waals surface area contributed by atoms with Crippen molar-refractivity contribution in [1.29, 1.82) is 0 Å². The molecule has 2 aliphatic rings. The lowest BCUT2D eigenvalue weighted by molar-refractivity contribution is -0.128. The SMILES string of the molecule is Cc1cc(C(=O)N2C[C@@H]3C[C@H](C2)[C@H](C(=O)NC(C)C)n2c3cccc2=O)c(C)o1. The summed E-state index contributed by atoms with van der Waals surface area (Å²) in [5.41, 5.74) is 1.23. The summed E-state index contributed by atoms with van der Waals surface area (Å²) in [5.74, 6) is 0.981. The third-order valence-electron chi connectivity index (χ3n) is 5.91. The molecular weight excluding hydrogens is 370 g/mol. The molecule has 1 N–H and O–H groups in total. The number of hydrogen-bond acceptors (Lipinski definition) is 4. The number of nitrogens with one attached hydrogen (secondary N) is 1. The van der Waals surface area contributed by atoms with E-state index < -0.39 is 6.04 Å². The van der Waals surface area contributed by atoms with Crippen molar-refractivity contribution in [3.8, 4) is 0 Å². The second-order valence-corrected chi connectivity index (χ2v) is 8.50. The van der Waals surface area contributed by atoms with Gasteiger partial charge >= 0.3 is 0 Å². The molecule has 0 spiro atoms. The van der Waals surface area contributed by atoms with Gasteiger partial charge in [0.15, 0.2) is 0 Å². The molecule has 4 heterocycles. The molecule has 0 aliphatic carbocycles. The van der Waals surface area contributed by atoms with Crippen LogP contribution in [0.1, 0.15) is 59.8 Å². The van der Waals surface area contributed by atoms with E-state index >= 15 is 0 Å². The molecule has 2 aromatic rings. The number of aryl methyl sites for hydroxylation is 2. The predicted molar refractivity (Wildman–Crippen MR) is 108 cm³/mol. The minimum Gasteiger partial charge on any atom is -0.466 e. The minimum atomic E-state index is -0.611. The topological polar surface area (TPSA) is 84.5 Å². The van der Waals surface area contributed by atoms with Gasteiger partial charge in [-0.2, -0.15) is 0 Å². The second-order valence-electron chi connectivity index (χ2n) is 8.50. The van der Waals surface area contributed by atoms with Gasteiger partial charge in [0, 0.05) is 42.7 Å². The highest BCUT2D eigenvalue weighted by Crippen LogP contribution is 2.41. The van der Waals surface area contributed by atoms with Gasteiger partial charge in [0.25, 0.3) is 11.5 Å². The van der Waals surface area contributed by atoms with Crippen LogP contribution in [-0.4, -0.2) is 40.4 Å². The van der Waals surface area contributed by atoms with Gasteiger partial charge in [-0.3, -0.25) is 19.0 Å². The van der Waals surface area contributed by atoms with Crippen molar-refractivity contribution in [2.24, 2.45) is 5.92 Å². The van der Waals surface area contributed by atoms with E-state index in [1.165, 1.54) is 6.07 Å². The summed E-state index contributed by atoms with van der Waals surface area (Å²) in [6, 6.07) is 6.26. The van der Waals surface area contributed by atoms with E-state index in [0.29, 0.717) is 30.2 Å². The van der Waals surface area contributed by atoms with Crippen LogP contribution in [0.4, 0.5) is 0 Å². The Morgan fingerprint density at radius 3 is 2.62 bits per heavy atom. The molecule has 0 aromatic carbocycles. The van der Waals surface area contributed by atoms with Crippen molar-refractivity contribution in [3.63, 3.8) is 0 Å². The van der Waals surface area contributed by atoms with Crippen LogP contribution < -0.4 is 10.9 Å². The zero-order valence-corrected chi connectivity index (χ0v) is 17.3. The van der Waals surface area contributed by atoms with E-state index in [1.807, 2.05) is 31.7 Å². The van der Waals surface area contributed by atoms with E-state index in [9.17, 15) is 14.4 Å². The van der Waals surface area contributed by atoms with Crippen LogP contribution >= 0.6 is 0 Å². The van der Waals surface area contributed by atoms with Gasteiger partial charge in [0.1, 0.15) is 17.6 Å². The van der Waals surface area contributed by atoms with Crippen molar-refractivity contribution in [2.75, 3.05) is 13.1 Å². The summed E-state index contributed by atoms with van der Waals surface area (Å²) in [6.45, 7) is 8.39. The zero-order chi connectivity index (χ0) is 20.9. The Morgan fingerprint density at radius 2 is 1.97 bits per heavy atom. The Hall–Kier alpha value is -2.83. The maximum absolute atomic E-state index is 13.2. The number of carbonyl (C=O) groups is 2. The molecule has 1 saturated heterocycles. The molecule has 2 aliphatic heterocycles. The molecule has 7 nitrogen and oxygen atoms in total. The largest absolute Gasteiger partial charge is 0.466 e. The van der Waals surface area contributed by atoms with Gasteiger partial charge in [-0.25, -0.2) is 0 Å². The molecular formula is C22H27N3O4. The van der Waals surface area contributed by atoms with Crippen LogP contribution in [0.3, 0.4) is 0 Å². The van der Waals surface area contributed by atoms with Gasteiger partial charge < -0.3 is 14.6 Å². The lowest BCUT2D eigenvalue weighted by Crippen LogP contribution is -2.55. The molecule has 1 fully saturated rings. The van der Waals surface area contributed by atoms with Crippen molar-refractivity contribution in [1.82, 2.24) is 14.8 Å². The van der Waals surface area contributed by atoms with E-state index in [0.717, 1.165) is 12.1 Å². The molecule has 0 saturated carbocycles. The Kier molecular flexibility index (Phi) is 4.84. The highest BCUT2D eigenvalue weighted by atomic mass is 16.3. The normalized spacial score (nSPS) is 23.1. The molecule has 4 rings (SSSR count). The molecule has 2 amide bonds. The first kappa shape index (κ1) is 19.5. The number of likely N-dealkylation sites (tertiary alicyclic amines) is 1. The Morgan fingerprint density at radius 1 is 1.21 bits per heavy atom. The average molecular weight is 397 g/mol. The Balaban J connectivity index is 1.72. The molecule has 7 heteroatoms. The monoisotopic (exact) mass is 397 g/mol. The summed E-state index contributed by atoms with van der Waals surface area (Å²) in [4.78, 5) is 40.7. The van der Waals surface area contributed by atoms with Crippen LogP contribution in [-0.2, 0) is 4.79 Å². The van der Waals surface area contributed by atoms with Crippen LogP contribution in [0.5, 0.6) is 0 Å². The number of furan rings is 1.